The van der Waals surface area contributed by atoms with E-state index in [9.17, 15) is 9.18 Å². The minimum absolute atomic E-state index is 0.141. The van der Waals surface area contributed by atoms with Crippen molar-refractivity contribution in [3.05, 3.63) is 65.0 Å². The van der Waals surface area contributed by atoms with Gasteiger partial charge in [-0.1, -0.05) is 12.1 Å². The molecule has 0 aliphatic rings. The van der Waals surface area contributed by atoms with Crippen LogP contribution in [0.15, 0.2) is 53.6 Å². The lowest BCUT2D eigenvalue weighted by atomic mass is 10.0. The average Bonchev–Trinajstić information content (AvgIpc) is 2.56. The fraction of sp³-hybridized carbons (Fsp3) is 0. The van der Waals surface area contributed by atoms with Gasteiger partial charge in [0.15, 0.2) is 0 Å². The molecule has 0 saturated carbocycles. The topological polar surface area (TPSA) is 96.7 Å². The number of anilines is 1. The number of nitrogens with zero attached hydrogens (tertiary/aromatic N) is 2. The Balaban J connectivity index is 2.29. The second-order valence-electron chi connectivity index (χ2n) is 4.53. The molecule has 0 spiro atoms. The number of nitrogens with one attached hydrogen (secondary N) is 2. The fourth-order valence-corrected chi connectivity index (χ4v) is 2.14. The van der Waals surface area contributed by atoms with Crippen LogP contribution in [0.5, 0.6) is 0 Å². The van der Waals surface area contributed by atoms with Crippen LogP contribution in [0.4, 0.5) is 10.3 Å². The van der Waals surface area contributed by atoms with Crippen LogP contribution >= 0.6 is 0 Å². The van der Waals surface area contributed by atoms with Crippen molar-refractivity contribution in [3.8, 4) is 22.4 Å². The van der Waals surface area contributed by atoms with Crippen LogP contribution in [0.2, 0.25) is 0 Å². The van der Waals surface area contributed by atoms with E-state index in [1.54, 1.807) is 24.5 Å². The maximum atomic E-state index is 13.1. The van der Waals surface area contributed by atoms with Gasteiger partial charge in [-0.2, -0.15) is 0 Å². The number of hydrazine groups is 1. The Hall–Kier alpha value is -3.06. The highest BCUT2D eigenvalue weighted by atomic mass is 19.1. The first kappa shape index (κ1) is 13.9. The van der Waals surface area contributed by atoms with E-state index in [0.29, 0.717) is 22.4 Å². The lowest BCUT2D eigenvalue weighted by Gasteiger charge is -2.10. The SMILES string of the molecule is NNc1nc(-c2ccncc2)c(-c2ccc(F)cc2)c(=O)[nH]1. The van der Waals surface area contributed by atoms with Gasteiger partial charge in [-0.05, 0) is 29.8 Å². The van der Waals surface area contributed by atoms with E-state index in [2.05, 4.69) is 20.4 Å². The molecule has 6 nitrogen and oxygen atoms in total. The van der Waals surface area contributed by atoms with Gasteiger partial charge < -0.3 is 0 Å². The molecule has 2 heterocycles. The quantitative estimate of drug-likeness (QED) is 0.507. The minimum atomic E-state index is -0.376. The summed E-state index contributed by atoms with van der Waals surface area (Å²) in [5.41, 5.74) is 3.99. The van der Waals surface area contributed by atoms with Crippen LogP contribution < -0.4 is 16.8 Å². The number of halogens is 1. The van der Waals surface area contributed by atoms with Gasteiger partial charge >= 0.3 is 0 Å². The summed E-state index contributed by atoms with van der Waals surface area (Å²) in [4.78, 5) is 23.2. The number of aromatic amines is 1. The van der Waals surface area contributed by atoms with Gasteiger partial charge in [0.2, 0.25) is 5.95 Å². The van der Waals surface area contributed by atoms with Gasteiger partial charge in [0.25, 0.3) is 5.56 Å². The van der Waals surface area contributed by atoms with Gasteiger partial charge in [-0.25, -0.2) is 15.2 Å². The smallest absolute Gasteiger partial charge is 0.260 e. The fourth-order valence-electron chi connectivity index (χ4n) is 2.14. The van der Waals surface area contributed by atoms with Crippen molar-refractivity contribution in [1.82, 2.24) is 15.0 Å². The Kier molecular flexibility index (Phi) is 3.63. The van der Waals surface area contributed by atoms with E-state index in [4.69, 9.17) is 5.84 Å². The zero-order valence-corrected chi connectivity index (χ0v) is 11.4. The molecule has 22 heavy (non-hydrogen) atoms. The van der Waals surface area contributed by atoms with Crippen LogP contribution in [0.25, 0.3) is 22.4 Å². The molecule has 0 aliphatic heterocycles. The predicted octanol–water partition coefficient (Wildman–Crippen LogP) is 1.92. The number of aromatic nitrogens is 3. The molecule has 0 aliphatic carbocycles. The molecule has 0 fully saturated rings. The largest absolute Gasteiger partial charge is 0.294 e. The van der Waals surface area contributed by atoms with Gasteiger partial charge in [-0.15, -0.1) is 0 Å². The van der Waals surface area contributed by atoms with Gasteiger partial charge in [0.05, 0.1) is 11.3 Å². The molecule has 0 atom stereocenters. The summed E-state index contributed by atoms with van der Waals surface area (Å²) in [6.45, 7) is 0. The highest BCUT2D eigenvalue weighted by Crippen LogP contribution is 2.27. The number of nitrogen functional groups attached to an aromatic ring is 1. The number of H-pyrrole nitrogens is 1. The van der Waals surface area contributed by atoms with Crippen molar-refractivity contribution in [1.29, 1.82) is 0 Å². The number of hydrogen-bond acceptors (Lipinski definition) is 5. The highest BCUT2D eigenvalue weighted by Gasteiger charge is 2.15. The lowest BCUT2D eigenvalue weighted by Crippen LogP contribution is -2.19. The van der Waals surface area contributed by atoms with Gasteiger partial charge in [0.1, 0.15) is 5.82 Å². The van der Waals surface area contributed by atoms with E-state index in [-0.39, 0.29) is 17.3 Å². The number of pyridine rings is 1. The van der Waals surface area contributed by atoms with Crippen LogP contribution in [0.3, 0.4) is 0 Å². The highest BCUT2D eigenvalue weighted by molar-refractivity contribution is 5.80. The van der Waals surface area contributed by atoms with Crippen molar-refractivity contribution >= 4 is 5.95 Å². The van der Waals surface area contributed by atoms with E-state index < -0.39 is 0 Å². The maximum absolute atomic E-state index is 13.1. The Morgan fingerprint density at radius 1 is 1.05 bits per heavy atom. The molecular formula is C15H12FN5O. The second kappa shape index (κ2) is 5.74. The van der Waals surface area contributed by atoms with E-state index in [0.717, 1.165) is 0 Å². The molecule has 0 radical (unpaired) electrons. The Labute approximate surface area is 124 Å². The first-order chi connectivity index (χ1) is 10.7. The standard InChI is InChI=1S/C15H12FN5O/c16-11-3-1-9(2-4-11)12-13(10-5-7-18-8-6-10)19-15(21-17)20-14(12)22/h1-8H,17H2,(H2,19,20,21,22). The predicted molar refractivity (Wildman–Crippen MR) is 81.3 cm³/mol. The molecule has 110 valence electrons. The van der Waals surface area contributed by atoms with Crippen LogP contribution in [0.1, 0.15) is 0 Å². The van der Waals surface area contributed by atoms with Crippen LogP contribution in [-0.4, -0.2) is 15.0 Å². The molecule has 7 heteroatoms. The van der Waals surface area contributed by atoms with Crippen molar-refractivity contribution in [2.75, 3.05) is 5.43 Å². The number of nitrogens with two attached hydrogens (primary N) is 1. The molecular weight excluding hydrogens is 285 g/mol. The summed E-state index contributed by atoms with van der Waals surface area (Å²) in [6, 6.07) is 9.11. The molecule has 3 aromatic rings. The summed E-state index contributed by atoms with van der Waals surface area (Å²) in [5.74, 6) is 5.10. The Morgan fingerprint density at radius 2 is 1.73 bits per heavy atom. The normalized spacial score (nSPS) is 10.5. The Morgan fingerprint density at radius 3 is 2.36 bits per heavy atom. The van der Waals surface area contributed by atoms with Crippen molar-refractivity contribution in [2.45, 2.75) is 0 Å². The first-order valence-electron chi connectivity index (χ1n) is 6.46. The first-order valence-corrected chi connectivity index (χ1v) is 6.46. The van der Waals surface area contributed by atoms with E-state index in [1.165, 1.54) is 24.3 Å². The number of benzene rings is 1. The zero-order chi connectivity index (χ0) is 15.5. The Bertz CT molecular complexity index is 846. The lowest BCUT2D eigenvalue weighted by molar-refractivity contribution is 0.628. The summed E-state index contributed by atoms with van der Waals surface area (Å²) in [7, 11) is 0. The molecule has 0 unspecified atom stereocenters. The molecule has 1 aromatic carbocycles. The van der Waals surface area contributed by atoms with Crippen molar-refractivity contribution in [2.24, 2.45) is 5.84 Å². The molecule has 0 amide bonds. The number of rotatable bonds is 3. The van der Waals surface area contributed by atoms with Crippen molar-refractivity contribution in [3.63, 3.8) is 0 Å². The van der Waals surface area contributed by atoms with Gasteiger partial charge in [-0.3, -0.25) is 20.2 Å². The van der Waals surface area contributed by atoms with Crippen LogP contribution in [-0.2, 0) is 0 Å². The molecule has 0 saturated heterocycles. The summed E-state index contributed by atoms with van der Waals surface area (Å²) < 4.78 is 13.1. The zero-order valence-electron chi connectivity index (χ0n) is 11.4. The summed E-state index contributed by atoms with van der Waals surface area (Å²) >= 11 is 0. The third-order valence-electron chi connectivity index (χ3n) is 3.14. The van der Waals surface area contributed by atoms with E-state index >= 15 is 0 Å². The monoisotopic (exact) mass is 297 g/mol. The van der Waals surface area contributed by atoms with Crippen LogP contribution in [0, 0.1) is 5.82 Å². The average molecular weight is 297 g/mol. The maximum Gasteiger partial charge on any atom is 0.260 e. The molecule has 4 N–H and O–H groups in total. The number of hydrogen-bond donors (Lipinski definition) is 3. The molecule has 2 aromatic heterocycles. The third kappa shape index (κ3) is 2.57. The molecule has 3 rings (SSSR count). The van der Waals surface area contributed by atoms with Gasteiger partial charge in [0, 0.05) is 18.0 Å². The van der Waals surface area contributed by atoms with E-state index in [1.807, 2.05) is 0 Å². The van der Waals surface area contributed by atoms with Crippen molar-refractivity contribution < 1.29 is 4.39 Å². The third-order valence-corrected chi connectivity index (χ3v) is 3.14. The molecule has 0 bridgehead atoms. The summed E-state index contributed by atoms with van der Waals surface area (Å²) in [6.07, 6.45) is 3.20. The second-order valence-corrected chi connectivity index (χ2v) is 4.53. The summed E-state index contributed by atoms with van der Waals surface area (Å²) in [5, 5.41) is 0. The minimum Gasteiger partial charge on any atom is -0.294 e.